The van der Waals surface area contributed by atoms with E-state index in [2.05, 4.69) is 19.2 Å². The summed E-state index contributed by atoms with van der Waals surface area (Å²) in [4.78, 5) is 0. The van der Waals surface area contributed by atoms with Crippen molar-refractivity contribution in [2.75, 3.05) is 6.54 Å². The number of nitrogens with two attached hydrogens (primary N) is 1. The molecule has 8 heavy (non-hydrogen) atoms. The Morgan fingerprint density at radius 3 is 2.50 bits per heavy atom. The maximum Gasteiger partial charge on any atom is 0.0856 e. The standard InChI is InChI=1S/C7H15N/c1-6-4-3-5-8-7(6)2/h6-8H,3-5H2,1-2H3/p+1/t6-,7+/m0/s1. The molecule has 1 saturated heterocycles. The smallest absolute Gasteiger partial charge is 0.0856 e. The first-order valence-corrected chi connectivity index (χ1v) is 3.64. The lowest BCUT2D eigenvalue weighted by Gasteiger charge is -2.22. The quantitative estimate of drug-likeness (QED) is 0.468. The molecule has 2 N–H and O–H groups in total. The summed E-state index contributed by atoms with van der Waals surface area (Å²) in [7, 11) is 0. The van der Waals surface area contributed by atoms with Crippen molar-refractivity contribution in [3.05, 3.63) is 0 Å². The van der Waals surface area contributed by atoms with Gasteiger partial charge in [0.05, 0.1) is 12.6 Å². The van der Waals surface area contributed by atoms with Crippen molar-refractivity contribution in [3.63, 3.8) is 0 Å². The van der Waals surface area contributed by atoms with Gasteiger partial charge < -0.3 is 5.32 Å². The number of quaternary nitrogens is 1. The van der Waals surface area contributed by atoms with E-state index < -0.39 is 0 Å². The third-order valence-electron chi connectivity index (χ3n) is 2.30. The molecule has 1 aliphatic heterocycles. The maximum absolute atomic E-state index is 2.45. The van der Waals surface area contributed by atoms with Crippen molar-refractivity contribution in [2.24, 2.45) is 5.92 Å². The largest absolute Gasteiger partial charge is 0.344 e. The molecule has 48 valence electrons. The highest BCUT2D eigenvalue weighted by molar-refractivity contribution is 4.61. The highest BCUT2D eigenvalue weighted by Gasteiger charge is 2.18. The van der Waals surface area contributed by atoms with Crippen LogP contribution in [0.25, 0.3) is 0 Å². The van der Waals surface area contributed by atoms with Crippen LogP contribution in [0.3, 0.4) is 0 Å². The molecule has 0 spiro atoms. The summed E-state index contributed by atoms with van der Waals surface area (Å²) in [6, 6.07) is 0.878. The lowest BCUT2D eigenvalue weighted by atomic mass is 9.94. The first-order chi connectivity index (χ1) is 3.80. The SMILES string of the molecule is C[C@H]1CCC[NH2+][C@@H]1C. The Hall–Kier alpha value is -0.0400. The van der Waals surface area contributed by atoms with E-state index in [-0.39, 0.29) is 0 Å². The van der Waals surface area contributed by atoms with Gasteiger partial charge in [-0.3, -0.25) is 0 Å². The summed E-state index contributed by atoms with van der Waals surface area (Å²) < 4.78 is 0. The molecule has 1 heteroatoms. The van der Waals surface area contributed by atoms with E-state index in [1.165, 1.54) is 19.4 Å². The minimum atomic E-state index is 0.878. The molecule has 0 aromatic rings. The van der Waals surface area contributed by atoms with E-state index in [0.29, 0.717) is 0 Å². The first-order valence-electron chi connectivity index (χ1n) is 3.64. The van der Waals surface area contributed by atoms with Crippen LogP contribution >= 0.6 is 0 Å². The van der Waals surface area contributed by atoms with Crippen LogP contribution in [0.15, 0.2) is 0 Å². The Balaban J connectivity index is 2.28. The van der Waals surface area contributed by atoms with Crippen LogP contribution in [0.2, 0.25) is 0 Å². The van der Waals surface area contributed by atoms with Gasteiger partial charge in [-0.2, -0.15) is 0 Å². The lowest BCUT2D eigenvalue weighted by Crippen LogP contribution is -2.92. The summed E-state index contributed by atoms with van der Waals surface area (Å²) >= 11 is 0. The summed E-state index contributed by atoms with van der Waals surface area (Å²) in [6.07, 6.45) is 2.86. The molecule has 0 unspecified atom stereocenters. The average Bonchev–Trinajstić information content (AvgIpc) is 1.77. The fourth-order valence-corrected chi connectivity index (χ4v) is 1.32. The van der Waals surface area contributed by atoms with Crippen molar-refractivity contribution in [1.82, 2.24) is 0 Å². The molecule has 2 atom stereocenters. The molecular formula is C7H16N+. The van der Waals surface area contributed by atoms with Gasteiger partial charge >= 0.3 is 0 Å². The fourth-order valence-electron chi connectivity index (χ4n) is 1.32. The van der Waals surface area contributed by atoms with E-state index in [1.807, 2.05) is 0 Å². The molecule has 0 saturated carbocycles. The molecule has 0 aromatic carbocycles. The van der Waals surface area contributed by atoms with E-state index in [9.17, 15) is 0 Å². The summed E-state index contributed by atoms with van der Waals surface area (Å²) in [6.45, 7) is 6.02. The summed E-state index contributed by atoms with van der Waals surface area (Å²) in [5.41, 5.74) is 0. The van der Waals surface area contributed by atoms with Crippen LogP contribution in [0.4, 0.5) is 0 Å². The van der Waals surface area contributed by atoms with Crippen molar-refractivity contribution < 1.29 is 5.32 Å². The predicted octanol–water partition coefficient (Wildman–Crippen LogP) is 0.368. The number of hydrogen-bond donors (Lipinski definition) is 1. The van der Waals surface area contributed by atoms with Gasteiger partial charge in [0, 0.05) is 5.92 Å². The summed E-state index contributed by atoms with van der Waals surface area (Å²) in [5, 5.41) is 2.45. The van der Waals surface area contributed by atoms with E-state index in [4.69, 9.17) is 0 Å². The Morgan fingerprint density at radius 1 is 1.38 bits per heavy atom. The van der Waals surface area contributed by atoms with Crippen molar-refractivity contribution >= 4 is 0 Å². The minimum absolute atomic E-state index is 0.878. The van der Waals surface area contributed by atoms with Crippen LogP contribution < -0.4 is 5.32 Å². The molecule has 1 fully saturated rings. The van der Waals surface area contributed by atoms with Crippen LogP contribution in [-0.4, -0.2) is 12.6 Å². The van der Waals surface area contributed by atoms with E-state index in [0.717, 1.165) is 12.0 Å². The molecule has 1 aliphatic rings. The number of piperidine rings is 1. The van der Waals surface area contributed by atoms with Gasteiger partial charge in [0.25, 0.3) is 0 Å². The maximum atomic E-state index is 2.45. The van der Waals surface area contributed by atoms with Gasteiger partial charge in [-0.15, -0.1) is 0 Å². The molecule has 0 aliphatic carbocycles. The molecule has 0 amide bonds. The monoisotopic (exact) mass is 114 g/mol. The third-order valence-corrected chi connectivity index (χ3v) is 2.30. The van der Waals surface area contributed by atoms with Gasteiger partial charge in [0.15, 0.2) is 0 Å². The molecule has 1 nitrogen and oxygen atoms in total. The van der Waals surface area contributed by atoms with Crippen LogP contribution in [0.5, 0.6) is 0 Å². The minimum Gasteiger partial charge on any atom is -0.344 e. The van der Waals surface area contributed by atoms with Gasteiger partial charge in [0.1, 0.15) is 0 Å². The Bertz CT molecular complexity index is 60.8. The molecule has 0 bridgehead atoms. The van der Waals surface area contributed by atoms with Crippen LogP contribution in [0, 0.1) is 5.92 Å². The molecular weight excluding hydrogens is 98.1 g/mol. The van der Waals surface area contributed by atoms with Gasteiger partial charge in [0.2, 0.25) is 0 Å². The van der Waals surface area contributed by atoms with Crippen molar-refractivity contribution in [3.8, 4) is 0 Å². The number of rotatable bonds is 0. The average molecular weight is 114 g/mol. The van der Waals surface area contributed by atoms with Crippen molar-refractivity contribution in [1.29, 1.82) is 0 Å². The molecule has 0 aromatic heterocycles. The van der Waals surface area contributed by atoms with Gasteiger partial charge in [-0.25, -0.2) is 0 Å². The third kappa shape index (κ3) is 1.22. The number of hydrogen-bond acceptors (Lipinski definition) is 0. The van der Waals surface area contributed by atoms with E-state index >= 15 is 0 Å². The normalized spacial score (nSPS) is 39.8. The zero-order valence-corrected chi connectivity index (χ0v) is 5.85. The van der Waals surface area contributed by atoms with Crippen molar-refractivity contribution in [2.45, 2.75) is 32.7 Å². The highest BCUT2D eigenvalue weighted by Crippen LogP contribution is 2.09. The molecule has 0 radical (unpaired) electrons. The second kappa shape index (κ2) is 2.49. The van der Waals surface area contributed by atoms with Crippen LogP contribution in [0.1, 0.15) is 26.7 Å². The molecule has 1 heterocycles. The van der Waals surface area contributed by atoms with E-state index in [1.54, 1.807) is 0 Å². The summed E-state index contributed by atoms with van der Waals surface area (Å²) in [5.74, 6) is 0.948. The van der Waals surface area contributed by atoms with Crippen LogP contribution in [-0.2, 0) is 0 Å². The first kappa shape index (κ1) is 6.09. The zero-order chi connectivity index (χ0) is 5.98. The Labute approximate surface area is 51.5 Å². The van der Waals surface area contributed by atoms with Gasteiger partial charge in [-0.05, 0) is 19.8 Å². The Kier molecular flexibility index (Phi) is 1.90. The van der Waals surface area contributed by atoms with Gasteiger partial charge in [-0.1, -0.05) is 6.92 Å². The zero-order valence-electron chi connectivity index (χ0n) is 5.85. The predicted molar refractivity (Wildman–Crippen MR) is 34.7 cm³/mol. The second-order valence-electron chi connectivity index (χ2n) is 3.00. The highest BCUT2D eigenvalue weighted by atomic mass is 14.9. The Morgan fingerprint density at radius 2 is 2.12 bits per heavy atom. The topological polar surface area (TPSA) is 16.6 Å². The second-order valence-corrected chi connectivity index (χ2v) is 3.00. The molecule has 1 rings (SSSR count). The lowest BCUT2D eigenvalue weighted by molar-refractivity contribution is -0.700. The fraction of sp³-hybridized carbons (Fsp3) is 1.00.